The molecule has 0 saturated heterocycles. The van der Waals surface area contributed by atoms with E-state index in [1.807, 2.05) is 0 Å². The SMILES string of the molecule is CS(=O)(=NCc1ccc(-c2noc(C(F)(F)F)n2)cc1)c1ccc(Cl)cc1. The van der Waals surface area contributed by atoms with Gasteiger partial charge in [-0.15, -0.1) is 0 Å². The molecule has 0 aliphatic heterocycles. The monoisotopic (exact) mass is 415 g/mol. The largest absolute Gasteiger partial charge is 0.471 e. The Morgan fingerprint density at radius 3 is 2.30 bits per heavy atom. The molecule has 0 amide bonds. The molecule has 3 rings (SSSR count). The summed E-state index contributed by atoms with van der Waals surface area (Å²) in [4.78, 5) is 3.90. The van der Waals surface area contributed by atoms with Crippen LogP contribution in [0.5, 0.6) is 0 Å². The van der Waals surface area contributed by atoms with Crippen molar-refractivity contribution in [3.63, 3.8) is 0 Å². The first kappa shape index (κ1) is 19.4. The first-order chi connectivity index (χ1) is 12.6. The van der Waals surface area contributed by atoms with Gasteiger partial charge in [-0.2, -0.15) is 18.2 Å². The molecule has 142 valence electrons. The Kier molecular flexibility index (Phi) is 5.25. The van der Waals surface area contributed by atoms with E-state index in [0.29, 0.717) is 15.5 Å². The van der Waals surface area contributed by atoms with E-state index in [9.17, 15) is 17.4 Å². The molecule has 0 radical (unpaired) electrons. The van der Waals surface area contributed by atoms with Crippen LogP contribution < -0.4 is 0 Å². The molecule has 5 nitrogen and oxygen atoms in total. The number of nitrogens with zero attached hydrogens (tertiary/aromatic N) is 3. The van der Waals surface area contributed by atoms with Crippen LogP contribution in [0.25, 0.3) is 11.4 Å². The van der Waals surface area contributed by atoms with Gasteiger partial charge in [0.2, 0.25) is 5.82 Å². The lowest BCUT2D eigenvalue weighted by Crippen LogP contribution is -2.04. The lowest BCUT2D eigenvalue weighted by molar-refractivity contribution is -0.159. The van der Waals surface area contributed by atoms with Crippen LogP contribution in [0.15, 0.2) is 62.3 Å². The second-order valence-electron chi connectivity index (χ2n) is 5.66. The van der Waals surface area contributed by atoms with E-state index in [4.69, 9.17) is 11.6 Å². The van der Waals surface area contributed by atoms with E-state index in [2.05, 4.69) is 19.0 Å². The van der Waals surface area contributed by atoms with Crippen molar-refractivity contribution in [2.75, 3.05) is 6.26 Å². The molecule has 10 heteroatoms. The molecule has 1 heterocycles. The third kappa shape index (κ3) is 4.67. The Hall–Kier alpha value is -2.39. The van der Waals surface area contributed by atoms with Crippen LogP contribution in [0, 0.1) is 0 Å². The van der Waals surface area contributed by atoms with E-state index in [-0.39, 0.29) is 12.4 Å². The Labute approximate surface area is 158 Å². The number of benzene rings is 2. The van der Waals surface area contributed by atoms with Crippen molar-refractivity contribution in [3.8, 4) is 11.4 Å². The van der Waals surface area contributed by atoms with Gasteiger partial charge in [0.05, 0.1) is 16.3 Å². The molecule has 0 aliphatic carbocycles. The predicted octanol–water partition coefficient (Wildman–Crippen LogP) is 5.07. The van der Waals surface area contributed by atoms with Gasteiger partial charge in [0.25, 0.3) is 0 Å². The first-order valence-electron chi connectivity index (χ1n) is 7.59. The van der Waals surface area contributed by atoms with Crippen molar-refractivity contribution in [2.24, 2.45) is 4.36 Å². The number of alkyl halides is 3. The Morgan fingerprint density at radius 2 is 1.74 bits per heavy atom. The molecule has 1 aromatic heterocycles. The fourth-order valence-electron chi connectivity index (χ4n) is 2.17. The normalized spacial score (nSPS) is 14.0. The van der Waals surface area contributed by atoms with E-state index in [1.54, 1.807) is 48.5 Å². The zero-order chi connectivity index (χ0) is 19.7. The molecule has 0 N–H and O–H groups in total. The van der Waals surface area contributed by atoms with Gasteiger partial charge < -0.3 is 4.52 Å². The quantitative estimate of drug-likeness (QED) is 0.596. The van der Waals surface area contributed by atoms with Crippen molar-refractivity contribution in [1.29, 1.82) is 0 Å². The van der Waals surface area contributed by atoms with Gasteiger partial charge in [-0.1, -0.05) is 41.0 Å². The Morgan fingerprint density at radius 1 is 1.11 bits per heavy atom. The topological polar surface area (TPSA) is 68.3 Å². The van der Waals surface area contributed by atoms with Crippen molar-refractivity contribution in [3.05, 3.63) is 65.0 Å². The van der Waals surface area contributed by atoms with Crippen LogP contribution in [0.3, 0.4) is 0 Å². The van der Waals surface area contributed by atoms with Crippen LogP contribution in [-0.2, 0) is 22.5 Å². The highest BCUT2D eigenvalue weighted by molar-refractivity contribution is 7.93. The van der Waals surface area contributed by atoms with Crippen molar-refractivity contribution >= 4 is 21.3 Å². The summed E-state index contributed by atoms with van der Waals surface area (Å²) >= 11 is 5.82. The third-order valence-corrected chi connectivity index (χ3v) is 5.65. The maximum absolute atomic E-state index is 12.7. The molecule has 2 aromatic carbocycles. The molecule has 1 atom stereocenters. The van der Waals surface area contributed by atoms with Crippen LogP contribution in [0.2, 0.25) is 5.02 Å². The minimum atomic E-state index is -4.69. The van der Waals surface area contributed by atoms with Crippen LogP contribution >= 0.6 is 11.6 Å². The number of halogens is 4. The highest BCUT2D eigenvalue weighted by atomic mass is 35.5. The molecule has 0 bridgehead atoms. The maximum atomic E-state index is 12.7. The molecule has 0 spiro atoms. The van der Waals surface area contributed by atoms with Gasteiger partial charge in [0, 0.05) is 21.7 Å². The summed E-state index contributed by atoms with van der Waals surface area (Å²) in [5.41, 5.74) is 1.11. The molecular weight excluding hydrogens is 403 g/mol. The second-order valence-corrected chi connectivity index (χ2v) is 8.43. The summed E-state index contributed by atoms with van der Waals surface area (Å²) < 4.78 is 58.7. The van der Waals surface area contributed by atoms with E-state index >= 15 is 0 Å². The van der Waals surface area contributed by atoms with Gasteiger partial charge in [0.1, 0.15) is 0 Å². The van der Waals surface area contributed by atoms with Gasteiger partial charge in [-0.25, -0.2) is 8.57 Å². The smallest absolute Gasteiger partial charge is 0.329 e. The third-order valence-electron chi connectivity index (χ3n) is 3.63. The lowest BCUT2D eigenvalue weighted by atomic mass is 10.1. The average Bonchev–Trinajstić information content (AvgIpc) is 3.11. The molecule has 0 saturated carbocycles. The van der Waals surface area contributed by atoms with Crippen LogP contribution in [0.1, 0.15) is 11.5 Å². The average molecular weight is 416 g/mol. The van der Waals surface area contributed by atoms with E-state index in [1.165, 1.54) is 6.26 Å². The number of aromatic nitrogens is 2. The minimum absolute atomic E-state index is 0.161. The fourth-order valence-corrected chi connectivity index (χ4v) is 3.49. The molecular formula is C17H13ClF3N3O2S. The summed E-state index contributed by atoms with van der Waals surface area (Å²) in [5, 5.41) is 3.87. The van der Waals surface area contributed by atoms with Crippen LogP contribution in [-0.4, -0.2) is 20.6 Å². The van der Waals surface area contributed by atoms with Gasteiger partial charge in [-0.05, 0) is 29.8 Å². The Balaban J connectivity index is 1.77. The zero-order valence-corrected chi connectivity index (χ0v) is 15.5. The zero-order valence-electron chi connectivity index (χ0n) is 13.9. The van der Waals surface area contributed by atoms with Crippen molar-refractivity contribution in [2.45, 2.75) is 17.6 Å². The van der Waals surface area contributed by atoms with E-state index < -0.39 is 21.8 Å². The van der Waals surface area contributed by atoms with E-state index in [0.717, 1.165) is 5.56 Å². The fraction of sp³-hybridized carbons (Fsp3) is 0.176. The minimum Gasteiger partial charge on any atom is -0.329 e. The summed E-state index contributed by atoms with van der Waals surface area (Å²) in [6, 6.07) is 13.0. The van der Waals surface area contributed by atoms with Gasteiger partial charge in [0.15, 0.2) is 0 Å². The molecule has 1 unspecified atom stereocenters. The summed E-state index contributed by atoms with van der Waals surface area (Å²) in [6.45, 7) is 0.179. The summed E-state index contributed by atoms with van der Waals surface area (Å²) in [7, 11) is -2.60. The van der Waals surface area contributed by atoms with Gasteiger partial charge >= 0.3 is 12.1 Å². The van der Waals surface area contributed by atoms with Crippen LogP contribution in [0.4, 0.5) is 13.2 Å². The molecule has 0 fully saturated rings. The Bertz CT molecular complexity index is 1050. The van der Waals surface area contributed by atoms with Crippen molar-refractivity contribution < 1.29 is 21.9 Å². The van der Waals surface area contributed by atoms with Gasteiger partial charge in [-0.3, -0.25) is 0 Å². The number of rotatable bonds is 4. The summed E-state index contributed by atoms with van der Waals surface area (Å²) in [6.07, 6.45) is -3.16. The molecule has 27 heavy (non-hydrogen) atoms. The predicted molar refractivity (Wildman–Crippen MR) is 94.7 cm³/mol. The molecule has 0 aliphatic rings. The molecule has 3 aromatic rings. The standard InChI is InChI=1S/C17H13ClF3N3O2S/c1-27(25,14-8-6-13(18)7-9-14)22-10-11-2-4-12(5-3-11)15-23-16(26-24-15)17(19,20)21/h2-9H,10H2,1H3. The number of hydrogen-bond donors (Lipinski definition) is 0. The maximum Gasteiger partial charge on any atom is 0.471 e. The first-order valence-corrected chi connectivity index (χ1v) is 9.89. The summed E-state index contributed by atoms with van der Waals surface area (Å²) in [5.74, 6) is -1.56. The highest BCUT2D eigenvalue weighted by Crippen LogP contribution is 2.29. The second kappa shape index (κ2) is 7.32. The van der Waals surface area contributed by atoms with Crippen molar-refractivity contribution in [1.82, 2.24) is 10.1 Å². The lowest BCUT2D eigenvalue weighted by Gasteiger charge is -2.05. The number of hydrogen-bond acceptors (Lipinski definition) is 5. The highest BCUT2D eigenvalue weighted by Gasteiger charge is 2.38.